The summed E-state index contributed by atoms with van der Waals surface area (Å²) in [6, 6.07) is 8.99. The van der Waals surface area contributed by atoms with Crippen LogP contribution in [0.5, 0.6) is 0 Å². The van der Waals surface area contributed by atoms with Crippen LogP contribution >= 0.6 is 0 Å². The summed E-state index contributed by atoms with van der Waals surface area (Å²) >= 11 is 0. The summed E-state index contributed by atoms with van der Waals surface area (Å²) in [5, 5.41) is 8.61. The van der Waals surface area contributed by atoms with E-state index >= 15 is 0 Å². The summed E-state index contributed by atoms with van der Waals surface area (Å²) in [4.78, 5) is 11.1. The van der Waals surface area contributed by atoms with Crippen molar-refractivity contribution in [1.29, 1.82) is 5.26 Å². The summed E-state index contributed by atoms with van der Waals surface area (Å²) < 4.78 is 9.73. The Morgan fingerprint density at radius 2 is 2.13 bits per heavy atom. The van der Waals surface area contributed by atoms with Crippen molar-refractivity contribution in [3.8, 4) is 6.07 Å². The van der Waals surface area contributed by atoms with Crippen LogP contribution in [0.2, 0.25) is 0 Å². The van der Waals surface area contributed by atoms with Crippen molar-refractivity contribution in [2.24, 2.45) is 0 Å². The van der Waals surface area contributed by atoms with Crippen LogP contribution in [-0.4, -0.2) is 19.2 Å². The number of hydrogen-bond acceptors (Lipinski definition) is 4. The topological polar surface area (TPSA) is 62.6 Å². The Bertz CT molecular complexity index is 418. The first-order valence-electron chi connectivity index (χ1n) is 4.49. The smallest absolute Gasteiger partial charge is 0.338 e. The number of rotatable bonds is 2. The SMILES string of the molecule is COC(=O)C1OC1c1ccc(C#N)cc1. The normalized spacial score (nSPS) is 22.9. The molecule has 0 N–H and O–H groups in total. The molecule has 0 spiro atoms. The summed E-state index contributed by atoms with van der Waals surface area (Å²) in [6.45, 7) is 0. The van der Waals surface area contributed by atoms with E-state index < -0.39 is 6.10 Å². The molecule has 0 saturated carbocycles. The number of nitrogens with zero attached hydrogens (tertiary/aromatic N) is 1. The molecule has 1 aliphatic heterocycles. The number of methoxy groups -OCH3 is 1. The highest BCUT2D eigenvalue weighted by atomic mass is 16.6. The van der Waals surface area contributed by atoms with E-state index in [1.807, 2.05) is 6.07 Å². The van der Waals surface area contributed by atoms with E-state index in [4.69, 9.17) is 10.00 Å². The Kier molecular flexibility index (Phi) is 2.40. The van der Waals surface area contributed by atoms with Gasteiger partial charge in [0, 0.05) is 0 Å². The second-order valence-electron chi connectivity index (χ2n) is 3.23. The Morgan fingerprint density at radius 1 is 1.47 bits per heavy atom. The summed E-state index contributed by atoms with van der Waals surface area (Å²) in [5.41, 5.74) is 1.48. The van der Waals surface area contributed by atoms with Gasteiger partial charge in [0.15, 0.2) is 6.10 Å². The molecule has 1 heterocycles. The summed E-state index contributed by atoms with van der Waals surface area (Å²) in [6.07, 6.45) is -0.701. The van der Waals surface area contributed by atoms with E-state index in [9.17, 15) is 4.79 Å². The van der Waals surface area contributed by atoms with Crippen LogP contribution in [0.15, 0.2) is 24.3 Å². The van der Waals surface area contributed by atoms with Crippen LogP contribution in [0.1, 0.15) is 17.2 Å². The molecule has 0 aliphatic carbocycles. The number of nitriles is 1. The van der Waals surface area contributed by atoms with Crippen molar-refractivity contribution in [3.63, 3.8) is 0 Å². The Balaban J connectivity index is 2.08. The molecule has 1 saturated heterocycles. The zero-order chi connectivity index (χ0) is 10.8. The van der Waals surface area contributed by atoms with Gasteiger partial charge in [0.1, 0.15) is 6.10 Å². The number of epoxide rings is 1. The maximum absolute atomic E-state index is 11.1. The van der Waals surface area contributed by atoms with Crippen LogP contribution in [0.3, 0.4) is 0 Å². The zero-order valence-electron chi connectivity index (χ0n) is 8.14. The molecule has 4 nitrogen and oxygen atoms in total. The van der Waals surface area contributed by atoms with Crippen molar-refractivity contribution in [2.75, 3.05) is 7.11 Å². The van der Waals surface area contributed by atoms with Gasteiger partial charge >= 0.3 is 5.97 Å². The lowest BCUT2D eigenvalue weighted by atomic mass is 10.1. The van der Waals surface area contributed by atoms with Gasteiger partial charge in [-0.1, -0.05) is 12.1 Å². The average Bonchev–Trinajstić information content (AvgIpc) is 3.08. The van der Waals surface area contributed by atoms with E-state index in [1.165, 1.54) is 7.11 Å². The van der Waals surface area contributed by atoms with Crippen molar-refractivity contribution in [2.45, 2.75) is 12.2 Å². The molecular weight excluding hydrogens is 194 g/mol. The molecule has 0 bridgehead atoms. The molecule has 0 radical (unpaired) electrons. The summed E-state index contributed by atoms with van der Waals surface area (Å²) in [5.74, 6) is -0.357. The van der Waals surface area contributed by atoms with Gasteiger partial charge in [-0.3, -0.25) is 0 Å². The van der Waals surface area contributed by atoms with Crippen molar-refractivity contribution in [1.82, 2.24) is 0 Å². The molecule has 76 valence electrons. The number of hydrogen-bond donors (Lipinski definition) is 0. The lowest BCUT2D eigenvalue weighted by Gasteiger charge is -1.95. The number of benzene rings is 1. The molecule has 0 amide bonds. The highest BCUT2D eigenvalue weighted by Crippen LogP contribution is 2.39. The van der Waals surface area contributed by atoms with Gasteiger partial charge in [-0.25, -0.2) is 4.79 Å². The van der Waals surface area contributed by atoms with E-state index in [-0.39, 0.29) is 12.1 Å². The van der Waals surface area contributed by atoms with Crippen molar-refractivity contribution >= 4 is 5.97 Å². The first kappa shape index (κ1) is 9.69. The number of carbonyl (C=O) groups is 1. The molecular formula is C11H9NO3. The second kappa shape index (κ2) is 3.71. The first-order valence-corrected chi connectivity index (χ1v) is 4.49. The highest BCUT2D eigenvalue weighted by molar-refractivity contribution is 5.78. The van der Waals surface area contributed by atoms with Crippen molar-refractivity contribution < 1.29 is 14.3 Å². The van der Waals surface area contributed by atoms with Crippen molar-refractivity contribution in [3.05, 3.63) is 35.4 Å². The molecule has 1 aromatic carbocycles. The van der Waals surface area contributed by atoms with Crippen LogP contribution in [0.25, 0.3) is 0 Å². The Hall–Kier alpha value is -1.86. The zero-order valence-corrected chi connectivity index (χ0v) is 8.14. The number of esters is 1. The quantitative estimate of drug-likeness (QED) is 0.534. The minimum Gasteiger partial charge on any atom is -0.467 e. The minimum atomic E-state index is -0.483. The molecule has 1 aromatic rings. The van der Waals surface area contributed by atoms with Gasteiger partial charge in [0.2, 0.25) is 0 Å². The van der Waals surface area contributed by atoms with Gasteiger partial charge in [-0.05, 0) is 17.7 Å². The van der Waals surface area contributed by atoms with Crippen LogP contribution in [-0.2, 0) is 14.3 Å². The van der Waals surface area contributed by atoms with E-state index in [0.717, 1.165) is 5.56 Å². The molecule has 1 fully saturated rings. The monoisotopic (exact) mass is 203 g/mol. The fourth-order valence-electron chi connectivity index (χ4n) is 1.41. The molecule has 15 heavy (non-hydrogen) atoms. The third-order valence-electron chi connectivity index (χ3n) is 2.29. The largest absolute Gasteiger partial charge is 0.467 e. The molecule has 2 unspecified atom stereocenters. The maximum Gasteiger partial charge on any atom is 0.338 e. The van der Waals surface area contributed by atoms with Gasteiger partial charge < -0.3 is 9.47 Å². The van der Waals surface area contributed by atoms with Crippen LogP contribution in [0, 0.1) is 11.3 Å². The fourth-order valence-corrected chi connectivity index (χ4v) is 1.41. The van der Waals surface area contributed by atoms with Gasteiger partial charge in [-0.2, -0.15) is 5.26 Å². The lowest BCUT2D eigenvalue weighted by Crippen LogP contribution is -2.09. The Labute approximate surface area is 87.0 Å². The van der Waals surface area contributed by atoms with E-state index in [2.05, 4.69) is 4.74 Å². The second-order valence-corrected chi connectivity index (χ2v) is 3.23. The predicted octanol–water partition coefficient (Wildman–Crippen LogP) is 1.17. The van der Waals surface area contributed by atoms with Crippen LogP contribution < -0.4 is 0 Å². The highest BCUT2D eigenvalue weighted by Gasteiger charge is 2.47. The Morgan fingerprint density at radius 3 is 2.67 bits per heavy atom. The maximum atomic E-state index is 11.1. The molecule has 2 atom stereocenters. The third kappa shape index (κ3) is 1.83. The molecule has 2 rings (SSSR count). The standard InChI is InChI=1S/C11H9NO3/c1-14-11(13)10-9(15-10)8-4-2-7(6-12)3-5-8/h2-5,9-10H,1H3. The number of carbonyl (C=O) groups excluding carboxylic acids is 1. The third-order valence-corrected chi connectivity index (χ3v) is 2.29. The van der Waals surface area contributed by atoms with Gasteiger partial charge in [0.25, 0.3) is 0 Å². The predicted molar refractivity (Wildman–Crippen MR) is 50.8 cm³/mol. The van der Waals surface area contributed by atoms with Gasteiger partial charge in [0.05, 0.1) is 18.7 Å². The molecule has 4 heteroatoms. The van der Waals surface area contributed by atoms with Crippen LogP contribution in [0.4, 0.5) is 0 Å². The van der Waals surface area contributed by atoms with Gasteiger partial charge in [-0.15, -0.1) is 0 Å². The average molecular weight is 203 g/mol. The molecule has 1 aliphatic rings. The fraction of sp³-hybridized carbons (Fsp3) is 0.273. The number of ether oxygens (including phenoxy) is 2. The first-order chi connectivity index (χ1) is 7.26. The lowest BCUT2D eigenvalue weighted by molar-refractivity contribution is -0.142. The summed E-state index contributed by atoms with van der Waals surface area (Å²) in [7, 11) is 1.33. The van der Waals surface area contributed by atoms with E-state index in [0.29, 0.717) is 5.56 Å². The molecule has 0 aromatic heterocycles. The minimum absolute atomic E-state index is 0.217. The van der Waals surface area contributed by atoms with E-state index in [1.54, 1.807) is 24.3 Å².